The molecular weight excluding hydrogens is 218 g/mol. The minimum Gasteiger partial charge on any atom is -0.394 e. The van der Waals surface area contributed by atoms with Crippen molar-refractivity contribution in [3.63, 3.8) is 0 Å². The zero-order valence-electron chi connectivity index (χ0n) is 10.2. The first-order chi connectivity index (χ1) is 7.98. The van der Waals surface area contributed by atoms with Crippen molar-refractivity contribution in [2.45, 2.75) is 25.4 Å². The molecule has 1 aromatic rings. The highest BCUT2D eigenvalue weighted by Crippen LogP contribution is 2.22. The fourth-order valence-electron chi connectivity index (χ4n) is 1.48. The summed E-state index contributed by atoms with van der Waals surface area (Å²) in [5.41, 5.74) is 0.257. The number of carbonyl (C=O) groups is 1. The van der Waals surface area contributed by atoms with Gasteiger partial charge in [0.1, 0.15) is 0 Å². The molecule has 0 aliphatic carbocycles. The van der Waals surface area contributed by atoms with Crippen LogP contribution in [0.3, 0.4) is 0 Å². The Balaban J connectivity index is 2.67. The normalized spacial score (nSPS) is 13.2. The minimum absolute atomic E-state index is 0.0611. The maximum atomic E-state index is 12.0. The lowest BCUT2D eigenvalue weighted by Gasteiger charge is -2.24. The lowest BCUT2D eigenvalue weighted by molar-refractivity contribution is -0.126. The van der Waals surface area contributed by atoms with Gasteiger partial charge in [0, 0.05) is 6.54 Å². The molecule has 0 saturated carbocycles. The Morgan fingerprint density at radius 2 is 1.94 bits per heavy atom. The summed E-state index contributed by atoms with van der Waals surface area (Å²) in [5.74, 6) is -0.170. The molecule has 1 unspecified atom stereocenters. The fraction of sp³-hybridized carbons (Fsp3) is 0.462. The van der Waals surface area contributed by atoms with Gasteiger partial charge in [0.25, 0.3) is 0 Å². The van der Waals surface area contributed by atoms with Crippen LogP contribution < -0.4 is 5.32 Å². The van der Waals surface area contributed by atoms with Crippen LogP contribution in [-0.2, 0) is 10.2 Å². The fourth-order valence-corrected chi connectivity index (χ4v) is 1.48. The van der Waals surface area contributed by atoms with Gasteiger partial charge in [0.05, 0.1) is 18.1 Å². The predicted octanol–water partition coefficient (Wildman–Crippen LogP) is 0.434. The summed E-state index contributed by atoms with van der Waals surface area (Å²) < 4.78 is 0. The summed E-state index contributed by atoms with van der Waals surface area (Å²) in [6.07, 6.45) is -0.912. The van der Waals surface area contributed by atoms with E-state index in [4.69, 9.17) is 5.11 Å². The maximum Gasteiger partial charge on any atom is 0.230 e. The van der Waals surface area contributed by atoms with Crippen molar-refractivity contribution >= 4 is 5.91 Å². The van der Waals surface area contributed by atoms with Gasteiger partial charge in [-0.2, -0.15) is 0 Å². The number of hydrogen-bond donors (Lipinski definition) is 3. The first-order valence-electron chi connectivity index (χ1n) is 5.61. The average molecular weight is 237 g/mol. The van der Waals surface area contributed by atoms with Gasteiger partial charge in [-0.15, -0.1) is 0 Å². The Hall–Kier alpha value is -1.39. The number of aliphatic hydroxyl groups is 2. The van der Waals surface area contributed by atoms with Crippen molar-refractivity contribution in [3.05, 3.63) is 35.9 Å². The largest absolute Gasteiger partial charge is 0.394 e. The minimum atomic E-state index is -0.912. The van der Waals surface area contributed by atoms with E-state index < -0.39 is 11.5 Å². The molecule has 1 amide bonds. The molecule has 0 radical (unpaired) electrons. The molecule has 0 aliphatic rings. The Bertz CT molecular complexity index is 362. The summed E-state index contributed by atoms with van der Waals surface area (Å²) in [6.45, 7) is 3.35. The van der Waals surface area contributed by atoms with Gasteiger partial charge in [-0.3, -0.25) is 4.79 Å². The zero-order valence-corrected chi connectivity index (χ0v) is 10.2. The predicted molar refractivity (Wildman–Crippen MR) is 65.6 cm³/mol. The zero-order chi connectivity index (χ0) is 12.9. The molecule has 0 aliphatic heterocycles. The Morgan fingerprint density at radius 1 is 1.35 bits per heavy atom. The molecule has 1 rings (SSSR count). The summed E-state index contributed by atoms with van der Waals surface area (Å²) in [6, 6.07) is 9.44. The third kappa shape index (κ3) is 3.54. The van der Waals surface area contributed by atoms with Crippen LogP contribution in [-0.4, -0.2) is 35.4 Å². The second-order valence-corrected chi connectivity index (χ2v) is 4.54. The van der Waals surface area contributed by atoms with Crippen molar-refractivity contribution in [2.24, 2.45) is 0 Å². The molecule has 4 nitrogen and oxygen atoms in total. The average Bonchev–Trinajstić information content (AvgIpc) is 2.36. The topological polar surface area (TPSA) is 69.6 Å². The number of benzene rings is 1. The van der Waals surface area contributed by atoms with E-state index in [1.807, 2.05) is 44.2 Å². The molecule has 1 atom stereocenters. The highest BCUT2D eigenvalue weighted by Gasteiger charge is 2.29. The highest BCUT2D eigenvalue weighted by atomic mass is 16.3. The van der Waals surface area contributed by atoms with E-state index in [-0.39, 0.29) is 19.1 Å². The first kappa shape index (κ1) is 13.7. The number of aliphatic hydroxyl groups excluding tert-OH is 2. The van der Waals surface area contributed by atoms with E-state index in [0.29, 0.717) is 0 Å². The summed E-state index contributed by atoms with van der Waals surface area (Å²) >= 11 is 0. The molecule has 0 saturated heterocycles. The van der Waals surface area contributed by atoms with Crippen LogP contribution in [0.5, 0.6) is 0 Å². The van der Waals surface area contributed by atoms with E-state index in [1.165, 1.54) is 0 Å². The molecule has 0 bridgehead atoms. The SMILES string of the molecule is CC(C)(C(=O)NCC(O)CO)c1ccccc1. The monoisotopic (exact) mass is 237 g/mol. The van der Waals surface area contributed by atoms with Crippen LogP contribution in [0.1, 0.15) is 19.4 Å². The van der Waals surface area contributed by atoms with Crippen molar-refractivity contribution < 1.29 is 15.0 Å². The molecule has 17 heavy (non-hydrogen) atoms. The van der Waals surface area contributed by atoms with Gasteiger partial charge in [-0.25, -0.2) is 0 Å². The molecule has 0 fully saturated rings. The van der Waals surface area contributed by atoms with Crippen LogP contribution in [0, 0.1) is 0 Å². The number of nitrogens with one attached hydrogen (secondary N) is 1. The number of hydrogen-bond acceptors (Lipinski definition) is 3. The molecule has 0 heterocycles. The second kappa shape index (κ2) is 5.80. The maximum absolute atomic E-state index is 12.0. The van der Waals surface area contributed by atoms with Crippen LogP contribution in [0.25, 0.3) is 0 Å². The van der Waals surface area contributed by atoms with E-state index in [0.717, 1.165) is 5.56 Å². The first-order valence-corrected chi connectivity index (χ1v) is 5.61. The van der Waals surface area contributed by atoms with E-state index in [2.05, 4.69) is 5.32 Å². The van der Waals surface area contributed by atoms with Crippen molar-refractivity contribution in [1.82, 2.24) is 5.32 Å². The van der Waals surface area contributed by atoms with Crippen LogP contribution >= 0.6 is 0 Å². The molecule has 0 spiro atoms. The lowest BCUT2D eigenvalue weighted by atomic mass is 9.84. The molecule has 0 aromatic heterocycles. The van der Waals surface area contributed by atoms with Crippen LogP contribution in [0.2, 0.25) is 0 Å². The third-order valence-corrected chi connectivity index (χ3v) is 2.77. The van der Waals surface area contributed by atoms with Crippen LogP contribution in [0.15, 0.2) is 30.3 Å². The Labute approximate surface area is 101 Å². The molecule has 1 aromatic carbocycles. The standard InChI is InChI=1S/C13H19NO3/c1-13(2,10-6-4-3-5-7-10)12(17)14-8-11(16)9-15/h3-7,11,15-16H,8-9H2,1-2H3,(H,14,17). The van der Waals surface area contributed by atoms with Crippen molar-refractivity contribution in [3.8, 4) is 0 Å². The van der Waals surface area contributed by atoms with Gasteiger partial charge in [0.15, 0.2) is 0 Å². The summed E-state index contributed by atoms with van der Waals surface area (Å²) in [4.78, 5) is 12.0. The molecular formula is C13H19NO3. The summed E-state index contributed by atoms with van der Waals surface area (Å²) in [5, 5.41) is 20.5. The van der Waals surface area contributed by atoms with Crippen molar-refractivity contribution in [1.29, 1.82) is 0 Å². The number of carbonyl (C=O) groups excluding carboxylic acids is 1. The quantitative estimate of drug-likeness (QED) is 0.695. The van der Waals surface area contributed by atoms with Gasteiger partial charge in [-0.05, 0) is 19.4 Å². The third-order valence-electron chi connectivity index (χ3n) is 2.77. The van der Waals surface area contributed by atoms with E-state index in [9.17, 15) is 9.90 Å². The van der Waals surface area contributed by atoms with Gasteiger partial charge >= 0.3 is 0 Å². The Morgan fingerprint density at radius 3 is 2.47 bits per heavy atom. The Kier molecular flexibility index (Phi) is 4.66. The molecule has 94 valence electrons. The highest BCUT2D eigenvalue weighted by molar-refractivity contribution is 5.87. The van der Waals surface area contributed by atoms with Gasteiger partial charge in [0.2, 0.25) is 5.91 Å². The van der Waals surface area contributed by atoms with E-state index >= 15 is 0 Å². The van der Waals surface area contributed by atoms with Gasteiger partial charge < -0.3 is 15.5 Å². The van der Waals surface area contributed by atoms with E-state index in [1.54, 1.807) is 0 Å². The second-order valence-electron chi connectivity index (χ2n) is 4.54. The van der Waals surface area contributed by atoms with Gasteiger partial charge in [-0.1, -0.05) is 30.3 Å². The summed E-state index contributed by atoms with van der Waals surface area (Å²) in [7, 11) is 0. The molecule has 3 N–H and O–H groups in total. The lowest BCUT2D eigenvalue weighted by Crippen LogP contribution is -2.43. The van der Waals surface area contributed by atoms with Crippen molar-refractivity contribution in [2.75, 3.05) is 13.2 Å². The number of amides is 1. The number of rotatable bonds is 5. The smallest absolute Gasteiger partial charge is 0.230 e. The molecule has 4 heteroatoms. The van der Waals surface area contributed by atoms with Crippen LogP contribution in [0.4, 0.5) is 0 Å².